The third-order valence-corrected chi connectivity index (χ3v) is 3.53. The minimum atomic E-state index is -0.0376. The second kappa shape index (κ2) is 11.8. The molecule has 0 fully saturated rings. The van der Waals surface area contributed by atoms with Gasteiger partial charge in [0.05, 0.1) is 25.9 Å². The lowest BCUT2D eigenvalue weighted by molar-refractivity contribution is -0.107. The topological polar surface area (TPSA) is 36.9 Å². The summed E-state index contributed by atoms with van der Waals surface area (Å²) in [4.78, 5) is 0. The lowest BCUT2D eigenvalue weighted by Gasteiger charge is -2.17. The van der Waals surface area contributed by atoms with Crippen LogP contribution in [0.2, 0.25) is 0 Å². The Morgan fingerprint density at radius 1 is 0.792 bits per heavy atom. The molecule has 2 aromatic rings. The van der Waals surface area contributed by atoms with Crippen LogP contribution >= 0.6 is 0 Å². The van der Waals surface area contributed by atoms with Crippen molar-refractivity contribution in [1.82, 2.24) is 0 Å². The Balaban J connectivity index is 1.65. The molecule has 1 atom stereocenters. The summed E-state index contributed by atoms with van der Waals surface area (Å²) in [5, 5.41) is 0. The number of hydrogen-bond donors (Lipinski definition) is 0. The molecule has 2 rings (SSSR count). The highest BCUT2D eigenvalue weighted by atomic mass is 16.7. The molecule has 0 spiro atoms. The molecule has 0 bridgehead atoms. The summed E-state index contributed by atoms with van der Waals surface area (Å²) in [7, 11) is 1.62. The van der Waals surface area contributed by atoms with E-state index in [4.69, 9.17) is 18.9 Å². The average molecular weight is 330 g/mol. The average Bonchev–Trinajstić information content (AvgIpc) is 2.64. The smallest absolute Gasteiger partial charge is 0.146 e. The van der Waals surface area contributed by atoms with E-state index < -0.39 is 0 Å². The normalized spacial score (nSPS) is 12.2. The van der Waals surface area contributed by atoms with E-state index in [-0.39, 0.29) is 12.9 Å². The molecule has 0 aliphatic rings. The molecule has 0 N–H and O–H groups in total. The van der Waals surface area contributed by atoms with Crippen molar-refractivity contribution in [3.05, 3.63) is 71.8 Å². The summed E-state index contributed by atoms with van der Waals surface area (Å²) < 4.78 is 22.1. The first-order chi connectivity index (χ1) is 11.9. The van der Waals surface area contributed by atoms with Crippen molar-refractivity contribution >= 4 is 0 Å². The van der Waals surface area contributed by atoms with E-state index >= 15 is 0 Å². The van der Waals surface area contributed by atoms with Gasteiger partial charge in [-0.05, 0) is 17.5 Å². The summed E-state index contributed by atoms with van der Waals surface area (Å²) >= 11 is 0. The van der Waals surface area contributed by atoms with Crippen molar-refractivity contribution in [2.45, 2.75) is 25.7 Å². The monoisotopic (exact) mass is 330 g/mol. The van der Waals surface area contributed by atoms with E-state index in [1.165, 1.54) is 5.56 Å². The molecule has 0 amide bonds. The molecule has 0 aliphatic heterocycles. The Hall–Kier alpha value is -1.72. The van der Waals surface area contributed by atoms with Gasteiger partial charge in [0.1, 0.15) is 6.79 Å². The maximum absolute atomic E-state index is 5.76. The predicted molar refractivity (Wildman–Crippen MR) is 93.6 cm³/mol. The minimum absolute atomic E-state index is 0.0376. The number of ether oxygens (including phenoxy) is 4. The van der Waals surface area contributed by atoms with Crippen LogP contribution in [0.1, 0.15) is 17.5 Å². The Bertz CT molecular complexity index is 530. The zero-order valence-electron chi connectivity index (χ0n) is 14.2. The van der Waals surface area contributed by atoms with E-state index in [9.17, 15) is 0 Å². The van der Waals surface area contributed by atoms with Gasteiger partial charge in [0.25, 0.3) is 0 Å². The van der Waals surface area contributed by atoms with Crippen LogP contribution < -0.4 is 0 Å². The van der Waals surface area contributed by atoms with Crippen LogP contribution in [0, 0.1) is 0 Å². The highest BCUT2D eigenvalue weighted by Gasteiger charge is 2.10. The maximum atomic E-state index is 5.76. The molecule has 0 saturated heterocycles. The largest absolute Gasteiger partial charge is 0.377 e. The lowest BCUT2D eigenvalue weighted by atomic mass is 10.2. The second-order valence-electron chi connectivity index (χ2n) is 5.52. The molecule has 0 aliphatic carbocycles. The summed E-state index contributed by atoms with van der Waals surface area (Å²) in [6.07, 6.45) is 0.731. The molecule has 0 radical (unpaired) electrons. The van der Waals surface area contributed by atoms with Crippen LogP contribution in [0.3, 0.4) is 0 Å². The van der Waals surface area contributed by atoms with Gasteiger partial charge in [0, 0.05) is 13.7 Å². The summed E-state index contributed by atoms with van der Waals surface area (Å²) in [6.45, 7) is 2.60. The summed E-state index contributed by atoms with van der Waals surface area (Å²) in [6, 6.07) is 20.3. The fourth-order valence-electron chi connectivity index (χ4n) is 2.24. The Labute approximate surface area is 144 Å². The van der Waals surface area contributed by atoms with Gasteiger partial charge < -0.3 is 18.9 Å². The van der Waals surface area contributed by atoms with Crippen molar-refractivity contribution in [1.29, 1.82) is 0 Å². The van der Waals surface area contributed by atoms with Gasteiger partial charge in [-0.1, -0.05) is 60.7 Å². The van der Waals surface area contributed by atoms with Gasteiger partial charge in [-0.3, -0.25) is 0 Å². The van der Waals surface area contributed by atoms with Crippen molar-refractivity contribution in [3.63, 3.8) is 0 Å². The van der Waals surface area contributed by atoms with E-state index in [1.54, 1.807) is 7.11 Å². The Kier molecular flexibility index (Phi) is 9.12. The van der Waals surface area contributed by atoms with Crippen LogP contribution in [0.25, 0.3) is 0 Å². The number of methoxy groups -OCH3 is 1. The molecular formula is C20H26O4. The molecule has 2 aromatic carbocycles. The summed E-state index contributed by atoms with van der Waals surface area (Å²) in [5.41, 5.74) is 2.33. The first-order valence-corrected chi connectivity index (χ1v) is 8.22. The van der Waals surface area contributed by atoms with Crippen molar-refractivity contribution in [3.8, 4) is 0 Å². The molecule has 0 saturated carbocycles. The van der Waals surface area contributed by atoms with Crippen LogP contribution in [0.4, 0.5) is 0 Å². The van der Waals surface area contributed by atoms with Crippen molar-refractivity contribution in [2.75, 3.05) is 27.1 Å². The SMILES string of the molecule is COCO[C@@H](CCOCc1ccccc1)COCc1ccccc1. The molecule has 0 aromatic heterocycles. The first-order valence-electron chi connectivity index (χ1n) is 8.22. The molecule has 4 nitrogen and oxygen atoms in total. The quantitative estimate of drug-likeness (QED) is 0.438. The standard InChI is InChI=1S/C20H26O4/c1-21-17-24-20(16-23-15-19-10-6-3-7-11-19)12-13-22-14-18-8-4-2-5-9-18/h2-11,20H,12-17H2,1H3/t20-/m0/s1. The van der Waals surface area contributed by atoms with Crippen LogP contribution in [-0.4, -0.2) is 33.2 Å². The number of benzene rings is 2. The molecular weight excluding hydrogens is 304 g/mol. The van der Waals surface area contributed by atoms with Gasteiger partial charge in [-0.25, -0.2) is 0 Å². The van der Waals surface area contributed by atoms with Gasteiger partial charge in [-0.15, -0.1) is 0 Å². The van der Waals surface area contributed by atoms with E-state index in [0.717, 1.165) is 12.0 Å². The van der Waals surface area contributed by atoms with Crippen LogP contribution in [-0.2, 0) is 32.2 Å². The van der Waals surface area contributed by atoms with E-state index in [0.29, 0.717) is 26.4 Å². The molecule has 0 unspecified atom stereocenters. The number of hydrogen-bond acceptors (Lipinski definition) is 4. The Morgan fingerprint density at radius 3 is 1.96 bits per heavy atom. The third kappa shape index (κ3) is 7.70. The first kappa shape index (κ1) is 18.6. The minimum Gasteiger partial charge on any atom is -0.377 e. The van der Waals surface area contributed by atoms with Gasteiger partial charge in [0.15, 0.2) is 0 Å². The van der Waals surface area contributed by atoms with Gasteiger partial charge >= 0.3 is 0 Å². The van der Waals surface area contributed by atoms with Gasteiger partial charge in [-0.2, -0.15) is 0 Å². The third-order valence-electron chi connectivity index (χ3n) is 3.53. The molecule has 4 heteroatoms. The highest BCUT2D eigenvalue weighted by molar-refractivity contribution is 5.14. The molecule has 130 valence electrons. The predicted octanol–water partition coefficient (Wildman–Crippen LogP) is 3.80. The maximum Gasteiger partial charge on any atom is 0.146 e. The number of rotatable bonds is 12. The molecule has 0 heterocycles. The lowest BCUT2D eigenvalue weighted by Crippen LogP contribution is -2.23. The van der Waals surface area contributed by atoms with Crippen LogP contribution in [0.15, 0.2) is 60.7 Å². The molecule has 24 heavy (non-hydrogen) atoms. The zero-order valence-corrected chi connectivity index (χ0v) is 14.2. The fourth-order valence-corrected chi connectivity index (χ4v) is 2.24. The van der Waals surface area contributed by atoms with Crippen LogP contribution in [0.5, 0.6) is 0 Å². The van der Waals surface area contributed by atoms with Crippen molar-refractivity contribution in [2.24, 2.45) is 0 Å². The zero-order chi connectivity index (χ0) is 16.9. The van der Waals surface area contributed by atoms with Gasteiger partial charge in [0.2, 0.25) is 0 Å². The van der Waals surface area contributed by atoms with E-state index in [2.05, 4.69) is 12.1 Å². The fraction of sp³-hybridized carbons (Fsp3) is 0.400. The summed E-state index contributed by atoms with van der Waals surface area (Å²) in [5.74, 6) is 0. The Morgan fingerprint density at radius 2 is 1.38 bits per heavy atom. The highest BCUT2D eigenvalue weighted by Crippen LogP contribution is 2.07. The van der Waals surface area contributed by atoms with E-state index in [1.807, 2.05) is 48.5 Å². The second-order valence-corrected chi connectivity index (χ2v) is 5.52. The van der Waals surface area contributed by atoms with Crippen molar-refractivity contribution < 1.29 is 18.9 Å².